The first-order valence-corrected chi connectivity index (χ1v) is 10.5. The molecule has 8 heteroatoms. The van der Waals surface area contributed by atoms with E-state index in [1.54, 1.807) is 36.3 Å². The number of piperazine rings is 1. The number of benzene rings is 2. The molecular weight excluding hydrogens is 423 g/mol. The first-order chi connectivity index (χ1) is 15.0. The maximum Gasteiger partial charge on any atom is 0.246 e. The largest absolute Gasteiger partial charge is 0.493 e. The summed E-state index contributed by atoms with van der Waals surface area (Å²) in [6.07, 6.45) is 3.29. The summed E-state index contributed by atoms with van der Waals surface area (Å²) in [7, 11) is 1.57. The van der Waals surface area contributed by atoms with E-state index in [1.165, 1.54) is 6.07 Å². The molecule has 0 atom stereocenters. The quantitative estimate of drug-likeness (QED) is 0.657. The second-order valence-corrected chi connectivity index (χ2v) is 7.79. The summed E-state index contributed by atoms with van der Waals surface area (Å²) in [5.41, 5.74) is 1.29. The second-order valence-electron chi connectivity index (χ2n) is 7.38. The van der Waals surface area contributed by atoms with E-state index in [9.17, 15) is 9.18 Å². The minimum atomic E-state index is -0.302. The number of rotatable bonds is 5. The minimum Gasteiger partial charge on any atom is -0.493 e. The predicted octanol–water partition coefficient (Wildman–Crippen LogP) is 3.62. The van der Waals surface area contributed by atoms with Gasteiger partial charge in [0.25, 0.3) is 0 Å². The summed E-state index contributed by atoms with van der Waals surface area (Å²) in [6, 6.07) is 8.35. The fourth-order valence-corrected chi connectivity index (χ4v) is 3.92. The van der Waals surface area contributed by atoms with Crippen molar-refractivity contribution in [1.82, 2.24) is 9.80 Å². The molecule has 4 rings (SSSR count). The molecule has 6 nitrogen and oxygen atoms in total. The number of methoxy groups -OCH3 is 1. The molecule has 0 aliphatic carbocycles. The first kappa shape index (κ1) is 21.5. The third-order valence-corrected chi connectivity index (χ3v) is 5.75. The Hall–Kier alpha value is -2.77. The molecule has 2 aliphatic heterocycles. The Morgan fingerprint density at radius 1 is 1.19 bits per heavy atom. The lowest BCUT2D eigenvalue weighted by atomic mass is 10.1. The van der Waals surface area contributed by atoms with Gasteiger partial charge in [-0.15, -0.1) is 0 Å². The van der Waals surface area contributed by atoms with Crippen molar-refractivity contribution in [3.63, 3.8) is 0 Å². The Morgan fingerprint density at radius 2 is 1.97 bits per heavy atom. The van der Waals surface area contributed by atoms with Gasteiger partial charge in [-0.2, -0.15) is 0 Å². The summed E-state index contributed by atoms with van der Waals surface area (Å²) in [6.45, 7) is 3.83. The highest BCUT2D eigenvalue weighted by Crippen LogP contribution is 2.40. The molecule has 31 heavy (non-hydrogen) atoms. The Balaban J connectivity index is 1.36. The van der Waals surface area contributed by atoms with E-state index in [0.29, 0.717) is 73.8 Å². The number of amides is 1. The standard InChI is InChI=1S/C23H24ClFN2O4/c1-29-20-13-16(14-21-23(20)31-12-11-30-21)5-6-22(28)27-9-7-26(8-10-27)15-17-18(24)3-2-4-19(17)25/h2-6,13-14H,7-12,15H2,1H3/b6-5+. The van der Waals surface area contributed by atoms with Crippen molar-refractivity contribution in [2.24, 2.45) is 0 Å². The van der Waals surface area contributed by atoms with Gasteiger partial charge in [-0.25, -0.2) is 4.39 Å². The van der Waals surface area contributed by atoms with Crippen molar-refractivity contribution in [2.75, 3.05) is 46.5 Å². The molecule has 2 aromatic rings. The summed E-state index contributed by atoms with van der Waals surface area (Å²) >= 11 is 6.13. The van der Waals surface area contributed by atoms with E-state index in [1.807, 2.05) is 12.1 Å². The molecule has 0 saturated carbocycles. The van der Waals surface area contributed by atoms with Gasteiger partial charge >= 0.3 is 0 Å². The lowest BCUT2D eigenvalue weighted by Gasteiger charge is -2.34. The van der Waals surface area contributed by atoms with Crippen LogP contribution < -0.4 is 14.2 Å². The van der Waals surface area contributed by atoms with E-state index in [0.717, 1.165) is 5.56 Å². The predicted molar refractivity (Wildman–Crippen MR) is 116 cm³/mol. The van der Waals surface area contributed by atoms with Gasteiger partial charge in [0.1, 0.15) is 19.0 Å². The van der Waals surface area contributed by atoms with Crippen LogP contribution in [-0.2, 0) is 11.3 Å². The van der Waals surface area contributed by atoms with E-state index < -0.39 is 0 Å². The summed E-state index contributed by atoms with van der Waals surface area (Å²) < 4.78 is 30.6. The van der Waals surface area contributed by atoms with Crippen molar-refractivity contribution >= 4 is 23.6 Å². The zero-order valence-corrected chi connectivity index (χ0v) is 18.0. The topological polar surface area (TPSA) is 51.2 Å². The van der Waals surface area contributed by atoms with Crippen molar-refractivity contribution in [3.8, 4) is 17.2 Å². The molecule has 0 bridgehead atoms. The van der Waals surface area contributed by atoms with Crippen LogP contribution >= 0.6 is 11.6 Å². The third-order valence-electron chi connectivity index (χ3n) is 5.40. The van der Waals surface area contributed by atoms with Crippen LogP contribution in [0.15, 0.2) is 36.4 Å². The SMILES string of the molecule is COc1cc(/C=C/C(=O)N2CCN(Cc3c(F)cccc3Cl)CC2)cc2c1OCCO2. The van der Waals surface area contributed by atoms with Gasteiger partial charge in [-0.1, -0.05) is 17.7 Å². The summed E-state index contributed by atoms with van der Waals surface area (Å²) in [5.74, 6) is 1.40. The van der Waals surface area contributed by atoms with E-state index >= 15 is 0 Å². The van der Waals surface area contributed by atoms with E-state index in [2.05, 4.69) is 4.90 Å². The van der Waals surface area contributed by atoms with Crippen LogP contribution in [0.1, 0.15) is 11.1 Å². The van der Waals surface area contributed by atoms with Crippen LogP contribution in [0.25, 0.3) is 6.08 Å². The van der Waals surface area contributed by atoms with Crippen LogP contribution in [0.3, 0.4) is 0 Å². The lowest BCUT2D eigenvalue weighted by molar-refractivity contribution is -0.127. The van der Waals surface area contributed by atoms with E-state index in [-0.39, 0.29) is 11.7 Å². The highest BCUT2D eigenvalue weighted by Gasteiger charge is 2.22. The van der Waals surface area contributed by atoms with Crippen LogP contribution in [0.2, 0.25) is 5.02 Å². The molecule has 2 aliphatic rings. The van der Waals surface area contributed by atoms with Crippen molar-refractivity contribution in [2.45, 2.75) is 6.54 Å². The normalized spacial score (nSPS) is 16.5. The molecule has 1 saturated heterocycles. The molecule has 1 amide bonds. The molecule has 0 unspecified atom stereocenters. The van der Waals surface area contributed by atoms with E-state index in [4.69, 9.17) is 25.8 Å². The van der Waals surface area contributed by atoms with Crippen molar-refractivity contribution < 1.29 is 23.4 Å². The molecule has 0 aromatic heterocycles. The molecule has 0 N–H and O–H groups in total. The maximum absolute atomic E-state index is 14.0. The number of halogens is 2. The third kappa shape index (κ3) is 4.94. The fraction of sp³-hybridized carbons (Fsp3) is 0.348. The summed E-state index contributed by atoms with van der Waals surface area (Å²) in [4.78, 5) is 16.5. The molecule has 2 heterocycles. The first-order valence-electron chi connectivity index (χ1n) is 10.1. The highest BCUT2D eigenvalue weighted by atomic mass is 35.5. The molecular formula is C23H24ClFN2O4. The van der Waals surface area contributed by atoms with Gasteiger partial charge in [-0.05, 0) is 35.9 Å². The van der Waals surface area contributed by atoms with Gasteiger partial charge in [0.15, 0.2) is 11.5 Å². The van der Waals surface area contributed by atoms with Crippen LogP contribution in [0.4, 0.5) is 4.39 Å². The highest BCUT2D eigenvalue weighted by molar-refractivity contribution is 6.31. The number of hydrogen-bond acceptors (Lipinski definition) is 5. The second kappa shape index (κ2) is 9.58. The molecule has 0 spiro atoms. The number of hydrogen-bond donors (Lipinski definition) is 0. The monoisotopic (exact) mass is 446 g/mol. The van der Waals surface area contributed by atoms with Gasteiger partial charge < -0.3 is 19.1 Å². The number of carbonyl (C=O) groups is 1. The van der Waals surface area contributed by atoms with Crippen LogP contribution in [-0.4, -0.2) is 62.2 Å². The van der Waals surface area contributed by atoms with Gasteiger partial charge in [0.2, 0.25) is 11.7 Å². The van der Waals surface area contributed by atoms with Crippen molar-refractivity contribution in [1.29, 1.82) is 0 Å². The molecule has 164 valence electrons. The average Bonchev–Trinajstić information content (AvgIpc) is 2.79. The number of ether oxygens (including phenoxy) is 3. The lowest BCUT2D eigenvalue weighted by Crippen LogP contribution is -2.47. The number of fused-ring (bicyclic) bond motifs is 1. The van der Waals surface area contributed by atoms with Gasteiger partial charge in [-0.3, -0.25) is 9.69 Å². The fourth-order valence-electron chi connectivity index (χ4n) is 3.70. The molecule has 2 aromatic carbocycles. The Morgan fingerprint density at radius 3 is 2.71 bits per heavy atom. The Labute approximate surface area is 185 Å². The van der Waals surface area contributed by atoms with Crippen molar-refractivity contribution in [3.05, 3.63) is 58.4 Å². The molecule has 0 radical (unpaired) electrons. The Bertz CT molecular complexity index is 952. The van der Waals surface area contributed by atoms with Gasteiger partial charge in [0.05, 0.1) is 7.11 Å². The average molecular weight is 447 g/mol. The van der Waals surface area contributed by atoms with Crippen LogP contribution in [0.5, 0.6) is 17.2 Å². The maximum atomic E-state index is 14.0. The molecule has 1 fully saturated rings. The van der Waals surface area contributed by atoms with Crippen LogP contribution in [0, 0.1) is 5.82 Å². The summed E-state index contributed by atoms with van der Waals surface area (Å²) in [5, 5.41) is 0.427. The van der Waals surface area contributed by atoms with Gasteiger partial charge in [0, 0.05) is 49.4 Å². The smallest absolute Gasteiger partial charge is 0.246 e. The zero-order valence-electron chi connectivity index (χ0n) is 17.3. The minimum absolute atomic E-state index is 0.0718. The zero-order chi connectivity index (χ0) is 21.8. The number of nitrogens with zero attached hydrogens (tertiary/aromatic N) is 2. The Kier molecular flexibility index (Phi) is 6.63. The number of carbonyl (C=O) groups excluding carboxylic acids is 1.